The predicted molar refractivity (Wildman–Crippen MR) is 94.9 cm³/mol. The van der Waals surface area contributed by atoms with Crippen molar-refractivity contribution >= 4 is 23.2 Å². The third-order valence-corrected chi connectivity index (χ3v) is 4.69. The first-order chi connectivity index (χ1) is 11.5. The number of unbranched alkanes of at least 4 members (excludes halogenated alkanes) is 1. The number of ether oxygens (including phenoxy) is 1. The Morgan fingerprint density at radius 3 is 2.54 bits per heavy atom. The highest BCUT2D eigenvalue weighted by molar-refractivity contribution is 7.14. The molecular formula is C18H21NO4S. The zero-order valence-corrected chi connectivity index (χ0v) is 14.6. The van der Waals surface area contributed by atoms with Crippen LogP contribution < -0.4 is 10.1 Å². The number of aliphatic carboxylic acids is 1. The van der Waals surface area contributed by atoms with Gasteiger partial charge in [-0.2, -0.15) is 0 Å². The maximum absolute atomic E-state index is 12.2. The summed E-state index contributed by atoms with van der Waals surface area (Å²) >= 11 is 1.46. The Morgan fingerprint density at radius 1 is 1.21 bits per heavy atom. The first kappa shape index (κ1) is 18.0. The molecule has 1 heterocycles. The van der Waals surface area contributed by atoms with E-state index < -0.39 is 5.97 Å². The number of thiophene rings is 1. The highest BCUT2D eigenvalue weighted by Crippen LogP contribution is 2.31. The van der Waals surface area contributed by atoms with Gasteiger partial charge in [0.05, 0.1) is 12.0 Å². The van der Waals surface area contributed by atoms with Gasteiger partial charge in [0, 0.05) is 17.8 Å². The number of methoxy groups -OCH3 is 1. The summed E-state index contributed by atoms with van der Waals surface area (Å²) in [5.74, 6) is -0.122. The number of aryl methyl sites for hydroxylation is 1. The van der Waals surface area contributed by atoms with E-state index in [-0.39, 0.29) is 12.3 Å². The highest BCUT2D eigenvalue weighted by Gasteiger charge is 2.13. The van der Waals surface area contributed by atoms with Crippen LogP contribution >= 0.6 is 11.3 Å². The van der Waals surface area contributed by atoms with Crippen LogP contribution in [-0.2, 0) is 4.79 Å². The molecule has 0 unspecified atom stereocenters. The lowest BCUT2D eigenvalue weighted by molar-refractivity contribution is -0.137. The van der Waals surface area contributed by atoms with E-state index in [1.165, 1.54) is 11.3 Å². The molecule has 1 amide bonds. The van der Waals surface area contributed by atoms with Crippen molar-refractivity contribution in [3.05, 3.63) is 40.1 Å². The van der Waals surface area contributed by atoms with Crippen molar-refractivity contribution < 1.29 is 19.4 Å². The fourth-order valence-corrected chi connectivity index (χ4v) is 3.30. The van der Waals surface area contributed by atoms with Gasteiger partial charge in [0.15, 0.2) is 0 Å². The quantitative estimate of drug-likeness (QED) is 0.714. The fraction of sp³-hybridized carbons (Fsp3) is 0.333. The van der Waals surface area contributed by atoms with Crippen LogP contribution in [0.2, 0.25) is 0 Å². The van der Waals surface area contributed by atoms with Crippen LogP contribution in [0, 0.1) is 6.92 Å². The van der Waals surface area contributed by atoms with Gasteiger partial charge in [-0.25, -0.2) is 0 Å². The lowest BCUT2D eigenvalue weighted by atomic mass is 10.1. The molecule has 0 radical (unpaired) electrons. The third-order valence-electron chi connectivity index (χ3n) is 3.65. The molecule has 0 aliphatic heterocycles. The minimum absolute atomic E-state index is 0.113. The number of nitrogens with one attached hydrogen (secondary N) is 1. The first-order valence-corrected chi connectivity index (χ1v) is 8.57. The van der Waals surface area contributed by atoms with Crippen molar-refractivity contribution in [2.24, 2.45) is 0 Å². The van der Waals surface area contributed by atoms with Gasteiger partial charge in [0.25, 0.3) is 5.91 Å². The molecule has 24 heavy (non-hydrogen) atoms. The van der Waals surface area contributed by atoms with Crippen LogP contribution in [0.4, 0.5) is 0 Å². The molecule has 2 aromatic rings. The molecule has 0 saturated carbocycles. The van der Waals surface area contributed by atoms with Crippen LogP contribution in [0.3, 0.4) is 0 Å². The molecule has 0 bridgehead atoms. The second-order valence-corrected chi connectivity index (χ2v) is 6.67. The average Bonchev–Trinajstić information content (AvgIpc) is 2.96. The normalized spacial score (nSPS) is 10.4. The number of amides is 1. The second-order valence-electron chi connectivity index (χ2n) is 5.42. The van der Waals surface area contributed by atoms with Crippen LogP contribution in [0.15, 0.2) is 30.3 Å². The topological polar surface area (TPSA) is 75.6 Å². The van der Waals surface area contributed by atoms with E-state index in [1.54, 1.807) is 7.11 Å². The van der Waals surface area contributed by atoms with Crippen LogP contribution in [0.1, 0.15) is 33.8 Å². The molecule has 6 heteroatoms. The summed E-state index contributed by atoms with van der Waals surface area (Å²) < 4.78 is 5.16. The molecule has 2 N–H and O–H groups in total. The van der Waals surface area contributed by atoms with Crippen molar-refractivity contribution in [1.29, 1.82) is 0 Å². The zero-order valence-electron chi connectivity index (χ0n) is 13.8. The van der Waals surface area contributed by atoms with Crippen molar-refractivity contribution in [1.82, 2.24) is 5.32 Å². The molecular weight excluding hydrogens is 326 g/mol. The maximum Gasteiger partial charge on any atom is 0.303 e. The first-order valence-electron chi connectivity index (χ1n) is 7.76. The van der Waals surface area contributed by atoms with E-state index in [1.807, 2.05) is 37.3 Å². The molecule has 0 spiro atoms. The number of carboxylic acids is 1. The Labute approximate surface area is 145 Å². The Morgan fingerprint density at radius 2 is 1.92 bits per heavy atom. The summed E-state index contributed by atoms with van der Waals surface area (Å²) in [7, 11) is 1.63. The van der Waals surface area contributed by atoms with Crippen molar-refractivity contribution in [3.8, 4) is 16.9 Å². The Bertz CT molecular complexity index is 706. The van der Waals surface area contributed by atoms with E-state index in [2.05, 4.69) is 5.32 Å². The van der Waals surface area contributed by atoms with Gasteiger partial charge in [0.1, 0.15) is 5.75 Å². The van der Waals surface area contributed by atoms with Gasteiger partial charge in [-0.3, -0.25) is 9.59 Å². The monoisotopic (exact) mass is 347 g/mol. The van der Waals surface area contributed by atoms with E-state index >= 15 is 0 Å². The lowest BCUT2D eigenvalue weighted by Gasteiger charge is -2.03. The SMILES string of the molecule is COc1ccc(-c2cc(C(=O)NCCCCC(=O)O)sc2C)cc1. The fourth-order valence-electron chi connectivity index (χ4n) is 2.34. The van der Waals surface area contributed by atoms with E-state index in [0.717, 1.165) is 21.8 Å². The van der Waals surface area contributed by atoms with E-state index in [9.17, 15) is 9.59 Å². The number of hydrogen-bond acceptors (Lipinski definition) is 4. The van der Waals surface area contributed by atoms with E-state index in [4.69, 9.17) is 9.84 Å². The summed E-state index contributed by atoms with van der Waals surface area (Å²) in [5.41, 5.74) is 2.09. The number of hydrogen-bond donors (Lipinski definition) is 2. The Hall–Kier alpha value is -2.34. The standard InChI is InChI=1S/C18H21NO4S/c1-12-15(13-6-8-14(23-2)9-7-13)11-16(24-12)18(22)19-10-4-3-5-17(20)21/h6-9,11H,3-5,10H2,1-2H3,(H,19,22)(H,20,21). The molecule has 0 saturated heterocycles. The number of benzene rings is 1. The third kappa shape index (κ3) is 4.83. The predicted octanol–water partition coefficient (Wildman–Crippen LogP) is 3.72. The molecule has 0 aliphatic rings. The molecule has 0 fully saturated rings. The molecule has 5 nitrogen and oxygen atoms in total. The van der Waals surface area contributed by atoms with Gasteiger partial charge >= 0.3 is 5.97 Å². The summed E-state index contributed by atoms with van der Waals surface area (Å²) in [5, 5.41) is 11.4. The Balaban J connectivity index is 1.97. The number of rotatable bonds is 8. The second kappa shape index (κ2) is 8.49. The smallest absolute Gasteiger partial charge is 0.303 e. The molecule has 1 aromatic heterocycles. The zero-order chi connectivity index (χ0) is 17.5. The van der Waals surface area contributed by atoms with Crippen molar-refractivity contribution in [3.63, 3.8) is 0 Å². The molecule has 0 atom stereocenters. The van der Waals surface area contributed by atoms with Gasteiger partial charge in [0.2, 0.25) is 0 Å². The van der Waals surface area contributed by atoms with E-state index in [0.29, 0.717) is 24.3 Å². The summed E-state index contributed by atoms with van der Waals surface area (Å²) in [6.45, 7) is 2.48. The largest absolute Gasteiger partial charge is 0.497 e. The molecule has 2 rings (SSSR count). The summed E-state index contributed by atoms with van der Waals surface area (Å²) in [4.78, 5) is 24.4. The molecule has 128 valence electrons. The maximum atomic E-state index is 12.2. The summed E-state index contributed by atoms with van der Waals surface area (Å²) in [6.07, 6.45) is 1.36. The van der Waals surface area contributed by atoms with Crippen molar-refractivity contribution in [2.45, 2.75) is 26.2 Å². The number of carboxylic acid groups (broad SMARTS) is 1. The number of carbonyl (C=O) groups is 2. The van der Waals surface area contributed by atoms with Crippen LogP contribution in [0.25, 0.3) is 11.1 Å². The average molecular weight is 347 g/mol. The van der Waals surface area contributed by atoms with Gasteiger partial charge in [-0.15, -0.1) is 11.3 Å². The summed E-state index contributed by atoms with van der Waals surface area (Å²) in [6, 6.07) is 9.64. The van der Waals surface area contributed by atoms with Gasteiger partial charge in [-0.05, 0) is 49.1 Å². The minimum Gasteiger partial charge on any atom is -0.497 e. The van der Waals surface area contributed by atoms with Gasteiger partial charge in [-0.1, -0.05) is 12.1 Å². The number of carbonyl (C=O) groups excluding carboxylic acids is 1. The lowest BCUT2D eigenvalue weighted by Crippen LogP contribution is -2.23. The van der Waals surface area contributed by atoms with Gasteiger partial charge < -0.3 is 15.2 Å². The highest BCUT2D eigenvalue weighted by atomic mass is 32.1. The molecule has 0 aliphatic carbocycles. The van der Waals surface area contributed by atoms with Crippen LogP contribution in [0.5, 0.6) is 5.75 Å². The molecule has 1 aromatic carbocycles. The van der Waals surface area contributed by atoms with Crippen LogP contribution in [-0.4, -0.2) is 30.6 Å². The van der Waals surface area contributed by atoms with Crippen molar-refractivity contribution in [2.75, 3.05) is 13.7 Å². The Kier molecular flexibility index (Phi) is 6.37. The minimum atomic E-state index is -0.806.